The lowest BCUT2D eigenvalue weighted by molar-refractivity contribution is -0.142. The molecule has 182 valence electrons. The van der Waals surface area contributed by atoms with Gasteiger partial charge in [-0.2, -0.15) is 4.91 Å². The SMILES string of the molecule is Cc1ccccc1C(CC(N=O)c1ccc(=O)n(C)c1)c1ccc(N2CCC(C(=O)O)CC2)cc1. The van der Waals surface area contributed by atoms with E-state index in [0.717, 1.165) is 41.0 Å². The Labute approximate surface area is 205 Å². The highest BCUT2D eigenvalue weighted by Gasteiger charge is 2.26. The van der Waals surface area contributed by atoms with E-state index in [0.29, 0.717) is 19.3 Å². The van der Waals surface area contributed by atoms with Gasteiger partial charge in [0.15, 0.2) is 0 Å². The zero-order valence-electron chi connectivity index (χ0n) is 20.1. The largest absolute Gasteiger partial charge is 0.481 e. The van der Waals surface area contributed by atoms with Crippen molar-refractivity contribution in [2.75, 3.05) is 18.0 Å². The Morgan fingerprint density at radius 2 is 1.69 bits per heavy atom. The van der Waals surface area contributed by atoms with Crippen LogP contribution in [-0.2, 0) is 11.8 Å². The molecule has 7 heteroatoms. The van der Waals surface area contributed by atoms with Crippen LogP contribution in [0.2, 0.25) is 0 Å². The Morgan fingerprint density at radius 3 is 2.29 bits per heavy atom. The van der Waals surface area contributed by atoms with Crippen LogP contribution in [0.15, 0.2) is 76.8 Å². The van der Waals surface area contributed by atoms with Crippen LogP contribution in [0.3, 0.4) is 0 Å². The Bertz CT molecular complexity index is 1240. The molecule has 0 aliphatic carbocycles. The zero-order valence-corrected chi connectivity index (χ0v) is 20.1. The van der Waals surface area contributed by atoms with Gasteiger partial charge in [-0.05, 0) is 66.6 Å². The lowest BCUT2D eigenvalue weighted by atomic mass is 9.82. The quantitative estimate of drug-likeness (QED) is 0.464. The third kappa shape index (κ3) is 5.50. The number of rotatable bonds is 8. The second-order valence-electron chi connectivity index (χ2n) is 9.37. The van der Waals surface area contributed by atoms with E-state index in [4.69, 9.17) is 0 Å². The first kappa shape index (κ1) is 24.4. The minimum atomic E-state index is -0.710. The van der Waals surface area contributed by atoms with Crippen molar-refractivity contribution in [2.45, 2.75) is 38.1 Å². The average molecular weight is 474 g/mol. The Balaban J connectivity index is 1.61. The molecule has 1 fully saturated rings. The third-order valence-electron chi connectivity index (χ3n) is 7.15. The van der Waals surface area contributed by atoms with Crippen molar-refractivity contribution < 1.29 is 9.90 Å². The topological polar surface area (TPSA) is 92.0 Å². The molecule has 2 aromatic carbocycles. The predicted molar refractivity (Wildman–Crippen MR) is 137 cm³/mol. The number of nitroso groups, excluding NO2 is 1. The van der Waals surface area contributed by atoms with Crippen LogP contribution in [-0.4, -0.2) is 28.7 Å². The number of pyridine rings is 1. The molecular formula is C28H31N3O4. The molecule has 0 saturated carbocycles. The van der Waals surface area contributed by atoms with Crippen molar-refractivity contribution >= 4 is 11.7 Å². The molecule has 1 aromatic heterocycles. The molecule has 1 N–H and O–H groups in total. The minimum absolute atomic E-state index is 0.0528. The highest BCUT2D eigenvalue weighted by Crippen LogP contribution is 2.37. The van der Waals surface area contributed by atoms with Gasteiger partial charge in [-0.1, -0.05) is 41.6 Å². The van der Waals surface area contributed by atoms with Gasteiger partial charge in [-0.15, -0.1) is 0 Å². The molecular weight excluding hydrogens is 442 g/mol. The molecule has 2 heterocycles. The summed E-state index contributed by atoms with van der Waals surface area (Å²) in [5, 5.41) is 12.7. The van der Waals surface area contributed by atoms with E-state index < -0.39 is 12.0 Å². The van der Waals surface area contributed by atoms with E-state index >= 15 is 0 Å². The summed E-state index contributed by atoms with van der Waals surface area (Å²) in [6, 6.07) is 19.1. The first-order valence-electron chi connectivity index (χ1n) is 12.0. The van der Waals surface area contributed by atoms with Crippen molar-refractivity contribution in [3.05, 3.63) is 104 Å². The van der Waals surface area contributed by atoms with Crippen molar-refractivity contribution in [1.82, 2.24) is 4.57 Å². The predicted octanol–water partition coefficient (Wildman–Crippen LogP) is 5.02. The van der Waals surface area contributed by atoms with Gasteiger partial charge in [0.1, 0.15) is 6.04 Å². The highest BCUT2D eigenvalue weighted by atomic mass is 16.4. The summed E-state index contributed by atoms with van der Waals surface area (Å²) in [4.78, 5) is 37.3. The fraction of sp³-hybridized carbons (Fsp3) is 0.357. The summed E-state index contributed by atoms with van der Waals surface area (Å²) in [6.07, 6.45) is 3.47. The lowest BCUT2D eigenvalue weighted by Gasteiger charge is -2.32. The molecule has 0 bridgehead atoms. The summed E-state index contributed by atoms with van der Waals surface area (Å²) in [7, 11) is 1.67. The number of carboxylic acids is 1. The maximum absolute atomic E-state index is 11.9. The number of hydrogen-bond acceptors (Lipinski definition) is 5. The molecule has 0 spiro atoms. The molecule has 1 aliphatic heterocycles. The van der Waals surface area contributed by atoms with Crippen LogP contribution < -0.4 is 10.5 Å². The Morgan fingerprint density at radius 1 is 1.03 bits per heavy atom. The Hall–Kier alpha value is -3.74. The van der Waals surface area contributed by atoms with Crippen LogP contribution in [0.5, 0.6) is 0 Å². The number of carboxylic acid groups (broad SMARTS) is 1. The van der Waals surface area contributed by atoms with Crippen molar-refractivity contribution in [2.24, 2.45) is 18.1 Å². The number of nitrogens with zero attached hydrogens (tertiary/aromatic N) is 3. The van der Waals surface area contributed by atoms with Crippen LogP contribution in [0, 0.1) is 17.7 Å². The average Bonchev–Trinajstić information content (AvgIpc) is 2.87. The summed E-state index contributed by atoms with van der Waals surface area (Å²) in [5.74, 6) is -1.03. The van der Waals surface area contributed by atoms with E-state index in [-0.39, 0.29) is 17.4 Å². The molecule has 7 nitrogen and oxygen atoms in total. The van der Waals surface area contributed by atoms with Gasteiger partial charge in [0.25, 0.3) is 0 Å². The van der Waals surface area contributed by atoms with Gasteiger partial charge in [0.05, 0.1) is 5.92 Å². The monoisotopic (exact) mass is 473 g/mol. The summed E-state index contributed by atoms with van der Waals surface area (Å²) < 4.78 is 1.47. The highest BCUT2D eigenvalue weighted by molar-refractivity contribution is 5.70. The van der Waals surface area contributed by atoms with E-state index in [1.165, 1.54) is 10.6 Å². The number of hydrogen-bond donors (Lipinski definition) is 1. The van der Waals surface area contributed by atoms with Gasteiger partial charge < -0.3 is 14.6 Å². The first-order chi connectivity index (χ1) is 16.9. The Kier molecular flexibility index (Phi) is 7.44. The maximum Gasteiger partial charge on any atom is 0.306 e. The molecule has 2 atom stereocenters. The number of anilines is 1. The van der Waals surface area contributed by atoms with Crippen LogP contribution in [0.25, 0.3) is 0 Å². The molecule has 0 amide bonds. The number of carbonyl (C=O) groups is 1. The standard InChI is InChI=1S/C28H31N3O4/c1-19-5-3-4-6-24(19)25(17-26(29-35)22-9-12-27(32)30(2)18-22)20-7-10-23(11-8-20)31-15-13-21(14-16-31)28(33)34/h3-12,18,21,25-26H,13-17H2,1-2H3,(H,33,34). The summed E-state index contributed by atoms with van der Waals surface area (Å²) >= 11 is 0. The number of benzene rings is 2. The maximum atomic E-state index is 11.9. The van der Waals surface area contributed by atoms with Crippen molar-refractivity contribution in [3.63, 3.8) is 0 Å². The second-order valence-corrected chi connectivity index (χ2v) is 9.37. The number of aryl methyl sites for hydroxylation is 2. The fourth-order valence-electron chi connectivity index (χ4n) is 5.00. The van der Waals surface area contributed by atoms with E-state index in [1.54, 1.807) is 19.3 Å². The molecule has 4 rings (SSSR count). The second kappa shape index (κ2) is 10.7. The molecule has 0 radical (unpaired) electrons. The number of piperidine rings is 1. The number of aliphatic carboxylic acids is 1. The molecule has 3 aromatic rings. The normalized spacial score (nSPS) is 16.0. The minimum Gasteiger partial charge on any atom is -0.481 e. The molecule has 1 saturated heterocycles. The molecule has 1 aliphatic rings. The first-order valence-corrected chi connectivity index (χ1v) is 12.0. The fourth-order valence-corrected chi connectivity index (χ4v) is 5.00. The number of aromatic nitrogens is 1. The van der Waals surface area contributed by atoms with Gasteiger partial charge in [-0.25, -0.2) is 0 Å². The van der Waals surface area contributed by atoms with Crippen molar-refractivity contribution in [1.29, 1.82) is 0 Å². The van der Waals surface area contributed by atoms with Crippen LogP contribution in [0.4, 0.5) is 5.69 Å². The van der Waals surface area contributed by atoms with Crippen LogP contribution in [0.1, 0.15) is 53.5 Å². The zero-order chi connectivity index (χ0) is 24.9. The van der Waals surface area contributed by atoms with E-state index in [2.05, 4.69) is 53.4 Å². The lowest BCUT2D eigenvalue weighted by Crippen LogP contribution is -2.36. The van der Waals surface area contributed by atoms with Crippen LogP contribution >= 0.6 is 0 Å². The summed E-state index contributed by atoms with van der Waals surface area (Å²) in [6.45, 7) is 3.52. The van der Waals surface area contributed by atoms with Gasteiger partial charge >= 0.3 is 5.97 Å². The van der Waals surface area contributed by atoms with Gasteiger partial charge in [0.2, 0.25) is 5.56 Å². The summed E-state index contributed by atoms with van der Waals surface area (Å²) in [5.41, 5.74) is 5.03. The van der Waals surface area contributed by atoms with Crippen molar-refractivity contribution in [3.8, 4) is 0 Å². The van der Waals surface area contributed by atoms with Gasteiger partial charge in [-0.3, -0.25) is 9.59 Å². The third-order valence-corrected chi connectivity index (χ3v) is 7.15. The molecule has 2 unspecified atom stereocenters. The smallest absolute Gasteiger partial charge is 0.306 e. The molecule has 35 heavy (non-hydrogen) atoms. The van der Waals surface area contributed by atoms with Gasteiger partial charge in [0, 0.05) is 44.0 Å². The van der Waals surface area contributed by atoms with E-state index in [1.807, 2.05) is 12.1 Å². The van der Waals surface area contributed by atoms with E-state index in [9.17, 15) is 19.6 Å².